The van der Waals surface area contributed by atoms with Crippen LogP contribution < -0.4 is 15.4 Å². The first-order valence-corrected chi connectivity index (χ1v) is 8.20. The van der Waals surface area contributed by atoms with E-state index in [2.05, 4.69) is 15.6 Å². The summed E-state index contributed by atoms with van der Waals surface area (Å²) >= 11 is 11.9. The van der Waals surface area contributed by atoms with E-state index in [0.717, 1.165) is 4.90 Å². The number of benzene rings is 1. The van der Waals surface area contributed by atoms with Crippen LogP contribution in [0.15, 0.2) is 36.5 Å². The second-order valence-electron chi connectivity index (χ2n) is 5.17. The molecule has 1 aliphatic rings. The lowest BCUT2D eigenvalue weighted by molar-refractivity contribution is -0.125. The van der Waals surface area contributed by atoms with Crippen LogP contribution in [0, 0.1) is 0 Å². The second-order valence-corrected chi connectivity index (χ2v) is 6.01. The largest absolute Gasteiger partial charge is 0.435 e. The normalized spacial score (nSPS) is 13.5. The minimum atomic E-state index is -0.381. The van der Waals surface area contributed by atoms with Crippen molar-refractivity contribution in [2.45, 2.75) is 0 Å². The molecule has 2 heterocycles. The molecule has 1 aromatic carbocycles. The van der Waals surface area contributed by atoms with Gasteiger partial charge in [-0.15, -0.1) is 0 Å². The van der Waals surface area contributed by atoms with Crippen molar-refractivity contribution in [2.24, 2.45) is 0 Å². The number of hydrogen-bond acceptors (Lipinski definition) is 5. The average molecular weight is 381 g/mol. The van der Waals surface area contributed by atoms with Crippen molar-refractivity contribution in [3.8, 4) is 11.6 Å². The fraction of sp³-hybridized carbons (Fsp3) is 0.188. The number of nitrogens with zero attached hydrogens (tertiary/aromatic N) is 2. The number of halogens is 2. The van der Waals surface area contributed by atoms with Crippen LogP contribution in [0.1, 0.15) is 0 Å². The van der Waals surface area contributed by atoms with E-state index in [1.807, 2.05) is 0 Å². The summed E-state index contributed by atoms with van der Waals surface area (Å²) in [6, 6.07) is 8.17. The molecule has 1 aliphatic heterocycles. The summed E-state index contributed by atoms with van der Waals surface area (Å²) in [5.74, 6) is 0.316. The van der Waals surface area contributed by atoms with Crippen LogP contribution >= 0.6 is 23.2 Å². The number of carbonyl (C=O) groups excluding carboxylic acids is 2. The summed E-state index contributed by atoms with van der Waals surface area (Å²) in [4.78, 5) is 28.8. The molecule has 0 atom stereocenters. The highest BCUT2D eigenvalue weighted by molar-refractivity contribution is 6.35. The number of carbonyl (C=O) groups is 2. The third-order valence-corrected chi connectivity index (χ3v) is 3.93. The molecule has 2 aromatic rings. The Morgan fingerprint density at radius 2 is 2.16 bits per heavy atom. The molecule has 0 saturated carbocycles. The summed E-state index contributed by atoms with van der Waals surface area (Å²) in [6.45, 7) is 0.780. The topological polar surface area (TPSA) is 83.6 Å². The fourth-order valence-corrected chi connectivity index (χ4v) is 2.68. The monoisotopic (exact) mass is 380 g/mol. The van der Waals surface area contributed by atoms with Crippen molar-refractivity contribution in [2.75, 3.05) is 25.0 Å². The second kappa shape index (κ2) is 7.58. The number of nitrogens with one attached hydrogen (secondary N) is 2. The van der Waals surface area contributed by atoms with Crippen molar-refractivity contribution in [1.82, 2.24) is 15.2 Å². The zero-order chi connectivity index (χ0) is 17.8. The standard InChI is InChI=1S/C16H14Cl2N4O3/c17-10-7-11(18)15(21-8-10)25-13-4-2-1-3-12(13)20-9-14(23)22-6-5-19-16(22)24/h1-4,7-8,20H,5-6,9H2,(H,19,24). The number of pyridine rings is 1. The van der Waals surface area contributed by atoms with Gasteiger partial charge in [0.25, 0.3) is 0 Å². The van der Waals surface area contributed by atoms with E-state index in [4.69, 9.17) is 27.9 Å². The number of para-hydroxylation sites is 2. The summed E-state index contributed by atoms with van der Waals surface area (Å²) in [7, 11) is 0. The Kier molecular flexibility index (Phi) is 5.25. The van der Waals surface area contributed by atoms with E-state index in [0.29, 0.717) is 29.5 Å². The van der Waals surface area contributed by atoms with Gasteiger partial charge in [-0.2, -0.15) is 0 Å². The molecule has 130 valence electrons. The lowest BCUT2D eigenvalue weighted by Gasteiger charge is -2.15. The Hall–Kier alpha value is -2.51. The molecule has 3 amide bonds. The summed E-state index contributed by atoms with van der Waals surface area (Å²) in [5.41, 5.74) is 0.572. The van der Waals surface area contributed by atoms with Gasteiger partial charge in [-0.05, 0) is 18.2 Å². The third kappa shape index (κ3) is 4.12. The lowest BCUT2D eigenvalue weighted by atomic mass is 10.3. The van der Waals surface area contributed by atoms with Crippen LogP contribution in [0.25, 0.3) is 0 Å². The van der Waals surface area contributed by atoms with E-state index < -0.39 is 0 Å². The fourth-order valence-electron chi connectivity index (χ4n) is 2.26. The molecular weight excluding hydrogens is 367 g/mol. The predicted octanol–water partition coefficient (Wildman–Crippen LogP) is 3.14. The molecule has 9 heteroatoms. The molecule has 1 saturated heterocycles. The SMILES string of the molecule is O=C(CNc1ccccc1Oc1ncc(Cl)cc1Cl)N1CCNC1=O. The molecule has 1 fully saturated rings. The highest BCUT2D eigenvalue weighted by Crippen LogP contribution is 2.33. The van der Waals surface area contributed by atoms with E-state index in [-0.39, 0.29) is 29.4 Å². The summed E-state index contributed by atoms with van der Waals surface area (Å²) in [6.07, 6.45) is 1.42. The predicted molar refractivity (Wildman–Crippen MR) is 94.4 cm³/mol. The van der Waals surface area contributed by atoms with Gasteiger partial charge >= 0.3 is 6.03 Å². The minimum absolute atomic E-state index is 0.0461. The van der Waals surface area contributed by atoms with E-state index >= 15 is 0 Å². The first kappa shape index (κ1) is 17.3. The average Bonchev–Trinajstić information content (AvgIpc) is 3.02. The number of ether oxygens (including phenoxy) is 1. The highest BCUT2D eigenvalue weighted by Gasteiger charge is 2.25. The molecule has 0 aliphatic carbocycles. The van der Waals surface area contributed by atoms with Gasteiger partial charge in [0.05, 0.1) is 17.3 Å². The molecule has 7 nitrogen and oxygen atoms in total. The van der Waals surface area contributed by atoms with Gasteiger partial charge in [0.15, 0.2) is 5.75 Å². The Morgan fingerprint density at radius 1 is 1.36 bits per heavy atom. The Morgan fingerprint density at radius 3 is 2.88 bits per heavy atom. The maximum atomic E-state index is 12.1. The molecule has 0 radical (unpaired) electrons. The molecule has 0 unspecified atom stereocenters. The summed E-state index contributed by atoms with van der Waals surface area (Å²) < 4.78 is 5.71. The number of anilines is 1. The smallest absolute Gasteiger partial charge is 0.324 e. The Bertz CT molecular complexity index is 816. The summed E-state index contributed by atoms with van der Waals surface area (Å²) in [5, 5.41) is 6.22. The van der Waals surface area contributed by atoms with Gasteiger partial charge in [0, 0.05) is 19.3 Å². The molecule has 2 N–H and O–H groups in total. The van der Waals surface area contributed by atoms with E-state index in [1.54, 1.807) is 24.3 Å². The van der Waals surface area contributed by atoms with Crippen molar-refractivity contribution >= 4 is 40.8 Å². The molecule has 1 aromatic heterocycles. The number of hydrogen-bond donors (Lipinski definition) is 2. The van der Waals surface area contributed by atoms with Crippen LogP contribution in [0.5, 0.6) is 11.6 Å². The van der Waals surface area contributed by atoms with E-state index in [1.165, 1.54) is 12.3 Å². The first-order valence-electron chi connectivity index (χ1n) is 7.44. The lowest BCUT2D eigenvalue weighted by Crippen LogP contribution is -2.38. The number of aromatic nitrogens is 1. The number of imide groups is 1. The highest BCUT2D eigenvalue weighted by atomic mass is 35.5. The van der Waals surface area contributed by atoms with Gasteiger partial charge < -0.3 is 15.4 Å². The van der Waals surface area contributed by atoms with Crippen LogP contribution in [-0.4, -0.2) is 41.5 Å². The maximum absolute atomic E-state index is 12.1. The Labute approximate surface area is 153 Å². The van der Waals surface area contributed by atoms with Crippen LogP contribution in [0.2, 0.25) is 10.0 Å². The van der Waals surface area contributed by atoms with Crippen LogP contribution in [-0.2, 0) is 4.79 Å². The van der Waals surface area contributed by atoms with Gasteiger partial charge in [-0.1, -0.05) is 35.3 Å². The Balaban J connectivity index is 1.70. The molecule has 0 bridgehead atoms. The third-order valence-electron chi connectivity index (χ3n) is 3.46. The zero-order valence-electron chi connectivity index (χ0n) is 13.0. The number of urea groups is 1. The van der Waals surface area contributed by atoms with Crippen LogP contribution in [0.4, 0.5) is 10.5 Å². The van der Waals surface area contributed by atoms with E-state index in [9.17, 15) is 9.59 Å². The molecular formula is C16H14Cl2N4O3. The number of rotatable bonds is 5. The minimum Gasteiger partial charge on any atom is -0.435 e. The van der Waals surface area contributed by atoms with Gasteiger partial charge in [-0.3, -0.25) is 9.69 Å². The zero-order valence-corrected chi connectivity index (χ0v) is 14.5. The van der Waals surface area contributed by atoms with Gasteiger partial charge in [-0.25, -0.2) is 9.78 Å². The van der Waals surface area contributed by atoms with Crippen molar-refractivity contribution in [3.63, 3.8) is 0 Å². The number of amides is 3. The van der Waals surface area contributed by atoms with Crippen LogP contribution in [0.3, 0.4) is 0 Å². The van der Waals surface area contributed by atoms with Crippen molar-refractivity contribution < 1.29 is 14.3 Å². The van der Waals surface area contributed by atoms with Crippen molar-refractivity contribution in [1.29, 1.82) is 0 Å². The maximum Gasteiger partial charge on any atom is 0.324 e. The molecule has 0 spiro atoms. The molecule has 3 rings (SSSR count). The quantitative estimate of drug-likeness (QED) is 0.832. The van der Waals surface area contributed by atoms with Gasteiger partial charge in [0.1, 0.15) is 5.02 Å². The van der Waals surface area contributed by atoms with Crippen molar-refractivity contribution in [3.05, 3.63) is 46.6 Å². The van der Waals surface area contributed by atoms with Gasteiger partial charge in [0.2, 0.25) is 11.8 Å². The molecule has 25 heavy (non-hydrogen) atoms. The first-order chi connectivity index (χ1) is 12.0.